The molecule has 28 heavy (non-hydrogen) atoms. The molecule has 0 aliphatic carbocycles. The Morgan fingerprint density at radius 3 is 3.00 bits per heavy atom. The highest BCUT2D eigenvalue weighted by molar-refractivity contribution is 6.30. The van der Waals surface area contributed by atoms with E-state index < -0.39 is 0 Å². The lowest BCUT2D eigenvalue weighted by molar-refractivity contribution is 0.110. The Bertz CT molecular complexity index is 873. The fourth-order valence-electron chi connectivity index (χ4n) is 3.45. The largest absolute Gasteiger partial charge is 0.445 e. The van der Waals surface area contributed by atoms with E-state index in [0.29, 0.717) is 38.4 Å². The third kappa shape index (κ3) is 3.73. The Morgan fingerprint density at radius 1 is 1.39 bits per heavy atom. The first-order valence-electron chi connectivity index (χ1n) is 9.15. The molecular weight excluding hydrogens is 380 g/mol. The number of amidine groups is 1. The Balaban J connectivity index is 1.43. The topological polar surface area (TPSA) is 83.0 Å². The molecule has 1 aromatic rings. The summed E-state index contributed by atoms with van der Waals surface area (Å²) in [4.78, 5) is 29.4. The Labute approximate surface area is 168 Å². The number of carbonyl (C=O) groups is 1. The third-order valence-electron chi connectivity index (χ3n) is 4.91. The van der Waals surface area contributed by atoms with Crippen LogP contribution in [0.1, 0.15) is 12.2 Å². The number of fused-ring (bicyclic) bond motifs is 1. The van der Waals surface area contributed by atoms with E-state index in [1.807, 2.05) is 12.3 Å². The summed E-state index contributed by atoms with van der Waals surface area (Å²) in [6.45, 7) is 6.31. The van der Waals surface area contributed by atoms with Crippen LogP contribution in [0.5, 0.6) is 0 Å². The second kappa shape index (κ2) is 8.02. The molecule has 8 nitrogen and oxygen atoms in total. The van der Waals surface area contributed by atoms with Crippen LogP contribution < -0.4 is 10.2 Å². The summed E-state index contributed by atoms with van der Waals surface area (Å²) in [6, 6.07) is 1.89. The van der Waals surface area contributed by atoms with Crippen LogP contribution in [0.4, 0.5) is 10.6 Å². The molecule has 1 aromatic heterocycles. The summed E-state index contributed by atoms with van der Waals surface area (Å²) < 4.78 is 5.10. The van der Waals surface area contributed by atoms with Gasteiger partial charge in [-0.2, -0.15) is 0 Å². The van der Waals surface area contributed by atoms with Crippen molar-refractivity contribution in [3.63, 3.8) is 0 Å². The lowest BCUT2D eigenvalue weighted by Crippen LogP contribution is -2.49. The first kappa shape index (κ1) is 18.5. The van der Waals surface area contributed by atoms with Gasteiger partial charge < -0.3 is 19.9 Å². The van der Waals surface area contributed by atoms with Gasteiger partial charge in [0.25, 0.3) is 0 Å². The number of nitrogens with zero attached hydrogens (tertiary/aromatic N) is 5. The van der Waals surface area contributed by atoms with Crippen LogP contribution >= 0.6 is 11.6 Å². The zero-order valence-corrected chi connectivity index (χ0v) is 16.1. The Morgan fingerprint density at radius 2 is 2.21 bits per heavy atom. The van der Waals surface area contributed by atoms with Crippen molar-refractivity contribution in [3.8, 4) is 0 Å². The maximum absolute atomic E-state index is 12.0. The number of amides is 1. The van der Waals surface area contributed by atoms with Crippen molar-refractivity contribution in [1.29, 1.82) is 0 Å². The van der Waals surface area contributed by atoms with Crippen molar-refractivity contribution in [2.24, 2.45) is 10.9 Å². The second-order valence-electron chi connectivity index (χ2n) is 6.67. The minimum Gasteiger partial charge on any atom is -0.445 e. The van der Waals surface area contributed by atoms with E-state index in [0.717, 1.165) is 22.3 Å². The molecule has 0 aromatic carbocycles. The number of aromatic nitrogens is 2. The molecule has 1 fully saturated rings. The predicted octanol–water partition coefficient (Wildman–Crippen LogP) is 2.36. The molecule has 9 heteroatoms. The number of hydrogen-bond acceptors (Lipinski definition) is 7. The van der Waals surface area contributed by atoms with Crippen LogP contribution in [-0.4, -0.2) is 59.6 Å². The van der Waals surface area contributed by atoms with E-state index in [-0.39, 0.29) is 18.6 Å². The quantitative estimate of drug-likeness (QED) is 0.781. The molecule has 1 unspecified atom stereocenters. The molecule has 3 aliphatic heterocycles. The van der Waals surface area contributed by atoms with Gasteiger partial charge in [0.2, 0.25) is 0 Å². The molecule has 1 N–H and O–H groups in total. The van der Waals surface area contributed by atoms with Crippen LogP contribution in [0.25, 0.3) is 5.57 Å². The number of allylic oxidation sites excluding steroid dienone is 1. The highest BCUT2D eigenvalue weighted by Gasteiger charge is 2.31. The predicted molar refractivity (Wildman–Crippen MR) is 108 cm³/mol. The standard InChI is InChI=1S/C19H21ClN6O2/c1-2-9-28-19(27)26-7-5-25(6-8-26)16-3-4-21-18(24-16)15-12-23-17-14(15)10-13(20)11-22-17/h2-4,11-12,14H,1,5-10H2,(H,22,23). The first-order chi connectivity index (χ1) is 13.7. The molecule has 4 rings (SSSR count). The second-order valence-corrected chi connectivity index (χ2v) is 7.15. The van der Waals surface area contributed by atoms with Crippen molar-refractivity contribution in [2.45, 2.75) is 6.42 Å². The van der Waals surface area contributed by atoms with Gasteiger partial charge >= 0.3 is 6.09 Å². The summed E-state index contributed by atoms with van der Waals surface area (Å²) in [5.74, 6) is 2.44. The van der Waals surface area contributed by atoms with Crippen molar-refractivity contribution in [1.82, 2.24) is 20.2 Å². The number of aliphatic imine (C=N–C) groups is 1. The van der Waals surface area contributed by atoms with E-state index in [2.05, 4.69) is 26.8 Å². The van der Waals surface area contributed by atoms with Gasteiger partial charge in [-0.25, -0.2) is 19.8 Å². The number of carbonyl (C=O) groups excluding carboxylic acids is 1. The summed E-state index contributed by atoms with van der Waals surface area (Å²) >= 11 is 6.16. The van der Waals surface area contributed by atoms with E-state index in [1.54, 1.807) is 23.4 Å². The highest BCUT2D eigenvalue weighted by Crippen LogP contribution is 2.34. The molecule has 3 aliphatic rings. The number of piperazine rings is 1. The summed E-state index contributed by atoms with van der Waals surface area (Å²) in [5.41, 5.74) is 0.985. The average Bonchev–Trinajstić information content (AvgIpc) is 3.15. The van der Waals surface area contributed by atoms with Crippen LogP contribution in [0, 0.1) is 5.92 Å². The van der Waals surface area contributed by atoms with E-state index in [1.165, 1.54) is 0 Å². The number of ether oxygens (including phenoxy) is 1. The van der Waals surface area contributed by atoms with Crippen LogP contribution in [0.2, 0.25) is 0 Å². The third-order valence-corrected chi connectivity index (χ3v) is 5.16. The minimum atomic E-state index is -0.306. The molecular formula is C19H21ClN6O2. The summed E-state index contributed by atoms with van der Waals surface area (Å²) in [6.07, 6.45) is 7.29. The minimum absolute atomic E-state index is 0.0595. The number of halogens is 1. The van der Waals surface area contributed by atoms with Crippen molar-refractivity contribution < 1.29 is 9.53 Å². The summed E-state index contributed by atoms with van der Waals surface area (Å²) in [5, 5.41) is 3.91. The Kier molecular flexibility index (Phi) is 5.29. The lowest BCUT2D eigenvalue weighted by Gasteiger charge is -2.34. The molecule has 1 amide bonds. The monoisotopic (exact) mass is 400 g/mol. The smallest absolute Gasteiger partial charge is 0.410 e. The molecule has 1 saturated heterocycles. The Hall–Kier alpha value is -2.87. The van der Waals surface area contributed by atoms with E-state index in [4.69, 9.17) is 21.3 Å². The van der Waals surface area contributed by atoms with Gasteiger partial charge in [-0.1, -0.05) is 24.3 Å². The molecule has 146 valence electrons. The van der Waals surface area contributed by atoms with E-state index in [9.17, 15) is 4.79 Å². The molecule has 0 radical (unpaired) electrons. The van der Waals surface area contributed by atoms with Crippen LogP contribution in [0.3, 0.4) is 0 Å². The zero-order chi connectivity index (χ0) is 19.5. The summed E-state index contributed by atoms with van der Waals surface area (Å²) in [7, 11) is 0. The number of nitrogens with one attached hydrogen (secondary N) is 1. The highest BCUT2D eigenvalue weighted by atomic mass is 35.5. The number of hydrogen-bond donors (Lipinski definition) is 1. The normalized spacial score (nSPS) is 21.2. The van der Waals surface area contributed by atoms with Gasteiger partial charge in [0.05, 0.1) is 5.92 Å². The van der Waals surface area contributed by atoms with Gasteiger partial charge in [-0.05, 0) is 12.5 Å². The van der Waals surface area contributed by atoms with Crippen molar-refractivity contribution >= 4 is 34.9 Å². The van der Waals surface area contributed by atoms with Crippen molar-refractivity contribution in [2.75, 3.05) is 37.7 Å². The van der Waals surface area contributed by atoms with Crippen molar-refractivity contribution in [3.05, 3.63) is 48.2 Å². The molecule has 0 saturated carbocycles. The maximum atomic E-state index is 12.0. The van der Waals surface area contributed by atoms with Gasteiger partial charge in [-0.3, -0.25) is 0 Å². The average molecular weight is 401 g/mol. The molecule has 4 heterocycles. The fourth-order valence-corrected chi connectivity index (χ4v) is 3.65. The van der Waals surface area contributed by atoms with E-state index >= 15 is 0 Å². The van der Waals surface area contributed by atoms with Gasteiger partial charge in [-0.15, -0.1) is 0 Å². The van der Waals surface area contributed by atoms with Crippen LogP contribution in [-0.2, 0) is 4.74 Å². The first-order valence-corrected chi connectivity index (χ1v) is 9.53. The fraction of sp³-hybridized carbons (Fsp3) is 0.368. The van der Waals surface area contributed by atoms with Crippen LogP contribution in [0.15, 0.2) is 47.3 Å². The zero-order valence-electron chi connectivity index (χ0n) is 15.3. The maximum Gasteiger partial charge on any atom is 0.410 e. The van der Waals surface area contributed by atoms with Gasteiger partial charge in [0, 0.05) is 55.4 Å². The van der Waals surface area contributed by atoms with Gasteiger partial charge in [0.1, 0.15) is 18.3 Å². The number of anilines is 1. The van der Waals surface area contributed by atoms with Gasteiger partial charge in [0.15, 0.2) is 5.82 Å². The SMILES string of the molecule is C=CCOC(=O)N1CCN(c2ccnc(C3=CNC4=NC=C(Cl)CC34)n2)CC1. The molecule has 1 atom stereocenters. The molecule has 0 spiro atoms. The molecule has 0 bridgehead atoms. The lowest BCUT2D eigenvalue weighted by atomic mass is 9.95. The number of rotatable bonds is 4.